The molecule has 0 fully saturated rings. The van der Waals surface area contributed by atoms with E-state index in [-0.39, 0.29) is 5.91 Å². The molecule has 0 saturated heterocycles. The predicted molar refractivity (Wildman–Crippen MR) is 127 cm³/mol. The summed E-state index contributed by atoms with van der Waals surface area (Å²) in [5, 5.41) is 3.72. The van der Waals surface area contributed by atoms with E-state index in [0.29, 0.717) is 46.4 Å². The van der Waals surface area contributed by atoms with Gasteiger partial charge in [-0.15, -0.1) is 0 Å². The zero-order valence-electron chi connectivity index (χ0n) is 18.6. The van der Waals surface area contributed by atoms with Crippen molar-refractivity contribution in [2.24, 2.45) is 0 Å². The first kappa shape index (κ1) is 22.0. The van der Waals surface area contributed by atoms with Gasteiger partial charge in [-0.05, 0) is 42.0 Å². The van der Waals surface area contributed by atoms with Crippen LogP contribution < -0.4 is 24.3 Å². The molecular formula is C26H24N2O5. The van der Waals surface area contributed by atoms with Crippen LogP contribution in [0.2, 0.25) is 0 Å². The SMILES string of the molecule is COc1cc(C(=O)Nc2ccc(OC)c3ncccc23)cc(OC)c1OCc1ccccc1. The third-order valence-electron chi connectivity index (χ3n) is 5.15. The second-order valence-electron chi connectivity index (χ2n) is 7.15. The fourth-order valence-electron chi connectivity index (χ4n) is 3.50. The molecule has 0 aliphatic rings. The molecule has 0 radical (unpaired) electrons. The Morgan fingerprint density at radius 3 is 2.21 bits per heavy atom. The molecule has 0 aliphatic carbocycles. The normalized spacial score (nSPS) is 10.5. The molecule has 0 saturated carbocycles. The van der Waals surface area contributed by atoms with Gasteiger partial charge in [0.05, 0.1) is 27.0 Å². The van der Waals surface area contributed by atoms with Crippen molar-refractivity contribution in [3.63, 3.8) is 0 Å². The van der Waals surface area contributed by atoms with Crippen LogP contribution in [0.3, 0.4) is 0 Å². The van der Waals surface area contributed by atoms with Gasteiger partial charge in [0.15, 0.2) is 11.5 Å². The minimum absolute atomic E-state index is 0.323. The van der Waals surface area contributed by atoms with E-state index in [2.05, 4.69) is 10.3 Å². The van der Waals surface area contributed by atoms with Gasteiger partial charge in [-0.25, -0.2) is 0 Å². The zero-order chi connectivity index (χ0) is 23.2. The fourth-order valence-corrected chi connectivity index (χ4v) is 3.50. The number of nitrogens with one attached hydrogen (secondary N) is 1. The third-order valence-corrected chi connectivity index (χ3v) is 5.15. The maximum atomic E-state index is 13.1. The van der Waals surface area contributed by atoms with Crippen LogP contribution in [-0.4, -0.2) is 32.2 Å². The van der Waals surface area contributed by atoms with Crippen LogP contribution in [0.1, 0.15) is 15.9 Å². The minimum Gasteiger partial charge on any atom is -0.494 e. The standard InChI is InChI=1S/C26H24N2O5/c1-30-21-12-11-20(19-10-7-13-27-24(19)21)28-26(29)18-14-22(31-2)25(23(15-18)32-3)33-16-17-8-5-4-6-9-17/h4-15H,16H2,1-3H3,(H,28,29). The number of aromatic nitrogens is 1. The highest BCUT2D eigenvalue weighted by molar-refractivity contribution is 6.10. The van der Waals surface area contributed by atoms with Crippen molar-refractivity contribution in [2.45, 2.75) is 6.61 Å². The van der Waals surface area contributed by atoms with Gasteiger partial charge in [0.25, 0.3) is 5.91 Å². The Morgan fingerprint density at radius 2 is 1.55 bits per heavy atom. The van der Waals surface area contributed by atoms with Gasteiger partial charge in [0, 0.05) is 17.1 Å². The van der Waals surface area contributed by atoms with Gasteiger partial charge in [0.2, 0.25) is 5.75 Å². The van der Waals surface area contributed by atoms with Gasteiger partial charge < -0.3 is 24.3 Å². The molecular weight excluding hydrogens is 420 g/mol. The van der Waals surface area contributed by atoms with Crippen LogP contribution >= 0.6 is 0 Å². The van der Waals surface area contributed by atoms with Crippen LogP contribution in [-0.2, 0) is 6.61 Å². The first-order valence-electron chi connectivity index (χ1n) is 10.3. The molecule has 0 aliphatic heterocycles. The smallest absolute Gasteiger partial charge is 0.255 e. The van der Waals surface area contributed by atoms with Gasteiger partial charge in [-0.1, -0.05) is 30.3 Å². The Kier molecular flexibility index (Phi) is 6.59. The molecule has 7 heteroatoms. The molecule has 0 bridgehead atoms. The van der Waals surface area contributed by atoms with E-state index in [0.717, 1.165) is 10.9 Å². The molecule has 4 rings (SSSR count). The van der Waals surface area contributed by atoms with Crippen LogP contribution in [0.25, 0.3) is 10.9 Å². The molecule has 0 spiro atoms. The van der Waals surface area contributed by atoms with Crippen molar-refractivity contribution in [1.29, 1.82) is 0 Å². The lowest BCUT2D eigenvalue weighted by Gasteiger charge is -2.16. The number of methoxy groups -OCH3 is 3. The number of fused-ring (bicyclic) bond motifs is 1. The number of hydrogen-bond donors (Lipinski definition) is 1. The Bertz CT molecular complexity index is 1250. The fraction of sp³-hybridized carbons (Fsp3) is 0.154. The maximum absolute atomic E-state index is 13.1. The highest BCUT2D eigenvalue weighted by Crippen LogP contribution is 2.39. The number of pyridine rings is 1. The minimum atomic E-state index is -0.323. The molecule has 168 valence electrons. The molecule has 1 N–H and O–H groups in total. The van der Waals surface area contributed by atoms with Crippen LogP contribution in [0, 0.1) is 0 Å². The number of amides is 1. The molecule has 0 atom stereocenters. The Balaban J connectivity index is 1.63. The number of anilines is 1. The molecule has 33 heavy (non-hydrogen) atoms. The van der Waals surface area contributed by atoms with Crippen molar-refractivity contribution in [2.75, 3.05) is 26.6 Å². The van der Waals surface area contributed by atoms with E-state index >= 15 is 0 Å². The number of ether oxygens (including phenoxy) is 4. The summed E-state index contributed by atoms with van der Waals surface area (Å²) in [5.74, 6) is 1.54. The van der Waals surface area contributed by atoms with Crippen LogP contribution in [0.5, 0.6) is 23.0 Å². The molecule has 7 nitrogen and oxygen atoms in total. The second-order valence-corrected chi connectivity index (χ2v) is 7.15. The van der Waals surface area contributed by atoms with Crippen molar-refractivity contribution < 1.29 is 23.7 Å². The number of hydrogen-bond acceptors (Lipinski definition) is 6. The summed E-state index contributed by atoms with van der Waals surface area (Å²) in [6.07, 6.45) is 1.68. The lowest BCUT2D eigenvalue weighted by molar-refractivity contribution is 0.102. The topological polar surface area (TPSA) is 78.9 Å². The lowest BCUT2D eigenvalue weighted by atomic mass is 10.1. The highest BCUT2D eigenvalue weighted by Gasteiger charge is 2.19. The second kappa shape index (κ2) is 9.91. The number of nitrogens with zero attached hydrogens (tertiary/aromatic N) is 1. The summed E-state index contributed by atoms with van der Waals surface area (Å²) >= 11 is 0. The van der Waals surface area contributed by atoms with E-state index in [1.54, 1.807) is 37.6 Å². The van der Waals surface area contributed by atoms with Crippen molar-refractivity contribution in [1.82, 2.24) is 4.98 Å². The number of benzene rings is 3. The van der Waals surface area contributed by atoms with E-state index < -0.39 is 0 Å². The average molecular weight is 444 g/mol. The zero-order valence-corrected chi connectivity index (χ0v) is 18.6. The Morgan fingerprint density at radius 1 is 0.848 bits per heavy atom. The van der Waals surface area contributed by atoms with Gasteiger partial charge in [0.1, 0.15) is 17.9 Å². The molecule has 3 aromatic carbocycles. The molecule has 1 heterocycles. The summed E-state index contributed by atoms with van der Waals surface area (Å²) in [6.45, 7) is 0.337. The van der Waals surface area contributed by atoms with E-state index in [1.807, 2.05) is 42.5 Å². The summed E-state index contributed by atoms with van der Waals surface area (Å²) in [4.78, 5) is 17.5. The van der Waals surface area contributed by atoms with Gasteiger partial charge >= 0.3 is 0 Å². The maximum Gasteiger partial charge on any atom is 0.255 e. The Labute approximate surface area is 191 Å². The van der Waals surface area contributed by atoms with Gasteiger partial charge in [-0.3, -0.25) is 9.78 Å². The Hall–Kier alpha value is -4.26. The van der Waals surface area contributed by atoms with Crippen LogP contribution in [0.15, 0.2) is 72.9 Å². The average Bonchev–Trinajstić information content (AvgIpc) is 2.87. The lowest BCUT2D eigenvalue weighted by Crippen LogP contribution is -2.13. The quantitative estimate of drug-likeness (QED) is 0.408. The highest BCUT2D eigenvalue weighted by atomic mass is 16.5. The van der Waals surface area contributed by atoms with E-state index in [1.165, 1.54) is 14.2 Å². The van der Waals surface area contributed by atoms with E-state index in [9.17, 15) is 4.79 Å². The largest absolute Gasteiger partial charge is 0.494 e. The van der Waals surface area contributed by atoms with Crippen molar-refractivity contribution in [3.05, 3.63) is 84.1 Å². The van der Waals surface area contributed by atoms with E-state index in [4.69, 9.17) is 18.9 Å². The molecule has 1 amide bonds. The summed E-state index contributed by atoms with van der Waals surface area (Å²) in [7, 11) is 4.63. The first-order chi connectivity index (χ1) is 16.1. The summed E-state index contributed by atoms with van der Waals surface area (Å²) in [6, 6.07) is 20.3. The van der Waals surface area contributed by atoms with Crippen molar-refractivity contribution in [3.8, 4) is 23.0 Å². The number of rotatable bonds is 8. The number of carbonyl (C=O) groups is 1. The van der Waals surface area contributed by atoms with Gasteiger partial charge in [-0.2, -0.15) is 0 Å². The predicted octanol–water partition coefficient (Wildman–Crippen LogP) is 5.09. The molecule has 0 unspecified atom stereocenters. The molecule has 1 aromatic heterocycles. The van der Waals surface area contributed by atoms with Crippen LogP contribution in [0.4, 0.5) is 5.69 Å². The third kappa shape index (κ3) is 4.67. The summed E-state index contributed by atoms with van der Waals surface area (Å²) in [5.41, 5.74) is 2.65. The monoisotopic (exact) mass is 444 g/mol. The first-order valence-corrected chi connectivity index (χ1v) is 10.3. The molecule has 4 aromatic rings. The summed E-state index contributed by atoms with van der Waals surface area (Å²) < 4.78 is 22.4. The number of carbonyl (C=O) groups excluding carboxylic acids is 1. The van der Waals surface area contributed by atoms with Crippen molar-refractivity contribution >= 4 is 22.5 Å².